The monoisotopic (exact) mass is 300 g/mol. The molecule has 2 unspecified atom stereocenters. The van der Waals surface area contributed by atoms with Gasteiger partial charge in [0, 0.05) is 12.5 Å². The number of Topliss-reactive ketones (excluding diaryl/α,β-unsaturated/α-hetero) is 1. The third-order valence-electron chi connectivity index (χ3n) is 3.03. The van der Waals surface area contributed by atoms with Crippen molar-refractivity contribution in [3.05, 3.63) is 16.4 Å². The van der Waals surface area contributed by atoms with Gasteiger partial charge >= 0.3 is 0 Å². The average Bonchev–Trinajstić information content (AvgIpc) is 2.86. The molecule has 2 heterocycles. The first-order chi connectivity index (χ1) is 8.13. The first-order valence-corrected chi connectivity index (χ1v) is 6.80. The zero-order valence-corrected chi connectivity index (χ0v) is 11.7. The second-order valence-electron chi connectivity index (χ2n) is 4.51. The van der Waals surface area contributed by atoms with Crippen molar-refractivity contribution in [2.75, 3.05) is 6.61 Å². The van der Waals surface area contributed by atoms with Crippen LogP contribution in [0.15, 0.2) is 10.7 Å². The van der Waals surface area contributed by atoms with E-state index in [0.29, 0.717) is 12.3 Å². The highest BCUT2D eigenvalue weighted by molar-refractivity contribution is 9.10. The smallest absolute Gasteiger partial charge is 0.187 e. The summed E-state index contributed by atoms with van der Waals surface area (Å²) < 4.78 is 8.03. The molecule has 17 heavy (non-hydrogen) atoms. The molecule has 0 spiro atoms. The van der Waals surface area contributed by atoms with Gasteiger partial charge in [-0.05, 0) is 35.7 Å². The number of ketones is 1. The van der Waals surface area contributed by atoms with Gasteiger partial charge in [-0.1, -0.05) is 6.92 Å². The van der Waals surface area contributed by atoms with Crippen molar-refractivity contribution < 1.29 is 9.53 Å². The van der Waals surface area contributed by atoms with Crippen LogP contribution in [0.2, 0.25) is 0 Å². The van der Waals surface area contributed by atoms with E-state index in [-0.39, 0.29) is 17.8 Å². The summed E-state index contributed by atoms with van der Waals surface area (Å²) in [4.78, 5) is 12.4. The van der Waals surface area contributed by atoms with Crippen LogP contribution in [0.25, 0.3) is 0 Å². The molecule has 0 aromatic carbocycles. The van der Waals surface area contributed by atoms with Crippen LogP contribution >= 0.6 is 15.9 Å². The predicted octanol–water partition coefficient (Wildman–Crippen LogP) is 2.66. The second kappa shape index (κ2) is 5.31. The lowest BCUT2D eigenvalue weighted by Crippen LogP contribution is -2.20. The molecule has 0 aliphatic carbocycles. The lowest BCUT2D eigenvalue weighted by molar-refractivity contribution is 0.0866. The van der Waals surface area contributed by atoms with Crippen LogP contribution in [-0.4, -0.2) is 28.3 Å². The second-order valence-corrected chi connectivity index (χ2v) is 5.36. The van der Waals surface area contributed by atoms with Crippen LogP contribution in [0.1, 0.15) is 37.2 Å². The van der Waals surface area contributed by atoms with Gasteiger partial charge in [0.05, 0.1) is 23.4 Å². The number of aryl methyl sites for hydroxylation is 1. The van der Waals surface area contributed by atoms with Gasteiger partial charge in [-0.15, -0.1) is 0 Å². The molecule has 0 radical (unpaired) electrons. The molecule has 0 bridgehead atoms. The first kappa shape index (κ1) is 12.8. The fraction of sp³-hybridized carbons (Fsp3) is 0.667. The van der Waals surface area contributed by atoms with Gasteiger partial charge in [0.2, 0.25) is 0 Å². The van der Waals surface area contributed by atoms with E-state index in [1.165, 1.54) is 0 Å². The summed E-state index contributed by atoms with van der Waals surface area (Å²) >= 11 is 3.40. The Bertz CT molecular complexity index is 417. The molecule has 1 aliphatic heterocycles. The summed E-state index contributed by atoms with van der Waals surface area (Å²) in [5, 5.41) is 4.23. The average molecular weight is 301 g/mol. The zero-order valence-electron chi connectivity index (χ0n) is 10.1. The highest BCUT2D eigenvalue weighted by Gasteiger charge is 2.31. The van der Waals surface area contributed by atoms with Crippen LogP contribution in [-0.2, 0) is 11.3 Å². The molecule has 94 valence electrons. The molecule has 2 atom stereocenters. The lowest BCUT2D eigenvalue weighted by atomic mass is 9.99. The van der Waals surface area contributed by atoms with Crippen molar-refractivity contribution in [3.63, 3.8) is 0 Å². The summed E-state index contributed by atoms with van der Waals surface area (Å²) in [6, 6.07) is 0. The molecular formula is C12H17BrN2O2. The van der Waals surface area contributed by atoms with Gasteiger partial charge in [0.25, 0.3) is 0 Å². The van der Waals surface area contributed by atoms with Gasteiger partial charge in [0.15, 0.2) is 5.78 Å². The minimum absolute atomic E-state index is 0.0198. The maximum atomic E-state index is 12.4. The van der Waals surface area contributed by atoms with Crippen molar-refractivity contribution in [2.45, 2.75) is 39.3 Å². The largest absolute Gasteiger partial charge is 0.378 e. The minimum atomic E-state index is -0.0198. The van der Waals surface area contributed by atoms with E-state index in [4.69, 9.17) is 4.74 Å². The minimum Gasteiger partial charge on any atom is -0.378 e. The molecule has 1 aliphatic rings. The molecule has 5 heteroatoms. The van der Waals surface area contributed by atoms with Crippen LogP contribution < -0.4 is 0 Å². The SMILES string of the molecule is CCCn1ncc(Br)c1C(=O)C1COC(C)C1. The van der Waals surface area contributed by atoms with Gasteiger partial charge < -0.3 is 4.74 Å². The van der Waals surface area contributed by atoms with E-state index < -0.39 is 0 Å². The zero-order chi connectivity index (χ0) is 12.4. The Kier molecular flexibility index (Phi) is 3.99. The molecule has 1 aromatic rings. The molecule has 0 N–H and O–H groups in total. The molecule has 0 saturated carbocycles. The van der Waals surface area contributed by atoms with Gasteiger partial charge in [0.1, 0.15) is 5.69 Å². The van der Waals surface area contributed by atoms with E-state index in [0.717, 1.165) is 23.9 Å². The van der Waals surface area contributed by atoms with Gasteiger partial charge in [-0.3, -0.25) is 9.48 Å². The maximum Gasteiger partial charge on any atom is 0.187 e. The standard InChI is InChI=1S/C12H17BrN2O2/c1-3-4-15-11(10(13)6-14-15)12(16)9-5-8(2)17-7-9/h6,8-9H,3-5,7H2,1-2H3. The predicted molar refractivity (Wildman–Crippen MR) is 68.1 cm³/mol. The maximum absolute atomic E-state index is 12.4. The molecule has 4 nitrogen and oxygen atoms in total. The van der Waals surface area contributed by atoms with Crippen LogP contribution in [0.4, 0.5) is 0 Å². The molecule has 1 saturated heterocycles. The Hall–Kier alpha value is -0.680. The topological polar surface area (TPSA) is 44.1 Å². The van der Waals surface area contributed by atoms with E-state index >= 15 is 0 Å². The molecule has 0 amide bonds. The van der Waals surface area contributed by atoms with Crippen LogP contribution in [0.3, 0.4) is 0 Å². The summed E-state index contributed by atoms with van der Waals surface area (Å²) in [6.45, 7) is 5.38. The van der Waals surface area contributed by atoms with Crippen molar-refractivity contribution in [1.82, 2.24) is 9.78 Å². The number of hydrogen-bond acceptors (Lipinski definition) is 3. The molecular weight excluding hydrogens is 284 g/mol. The number of carbonyl (C=O) groups is 1. The van der Waals surface area contributed by atoms with Crippen LogP contribution in [0.5, 0.6) is 0 Å². The summed E-state index contributed by atoms with van der Waals surface area (Å²) in [6.07, 6.45) is 3.65. The summed E-state index contributed by atoms with van der Waals surface area (Å²) in [5.74, 6) is 0.126. The number of aromatic nitrogens is 2. The summed E-state index contributed by atoms with van der Waals surface area (Å²) in [5.41, 5.74) is 0.689. The Labute approximate surface area is 109 Å². The van der Waals surface area contributed by atoms with Gasteiger partial charge in [-0.2, -0.15) is 5.10 Å². The van der Waals surface area contributed by atoms with E-state index in [1.807, 2.05) is 6.92 Å². The van der Waals surface area contributed by atoms with Crippen molar-refractivity contribution >= 4 is 21.7 Å². The third-order valence-corrected chi connectivity index (χ3v) is 3.61. The first-order valence-electron chi connectivity index (χ1n) is 6.00. The summed E-state index contributed by atoms with van der Waals surface area (Å²) in [7, 11) is 0. The molecule has 2 rings (SSSR count). The van der Waals surface area contributed by atoms with Crippen molar-refractivity contribution in [1.29, 1.82) is 0 Å². The number of carbonyl (C=O) groups excluding carboxylic acids is 1. The number of hydrogen-bond donors (Lipinski definition) is 0. The Morgan fingerprint density at radius 1 is 1.71 bits per heavy atom. The van der Waals surface area contributed by atoms with Crippen LogP contribution in [0, 0.1) is 5.92 Å². The third kappa shape index (κ3) is 2.60. The molecule has 1 aromatic heterocycles. The number of rotatable bonds is 4. The van der Waals surface area contributed by atoms with E-state index in [9.17, 15) is 4.79 Å². The van der Waals surface area contributed by atoms with Crippen molar-refractivity contribution in [3.8, 4) is 0 Å². The quantitative estimate of drug-likeness (QED) is 0.803. The number of nitrogens with zero attached hydrogens (tertiary/aromatic N) is 2. The lowest BCUT2D eigenvalue weighted by Gasteiger charge is -2.09. The fourth-order valence-corrected chi connectivity index (χ4v) is 2.67. The van der Waals surface area contributed by atoms with Gasteiger partial charge in [-0.25, -0.2) is 0 Å². The number of ether oxygens (including phenoxy) is 1. The Morgan fingerprint density at radius 3 is 3.06 bits per heavy atom. The normalized spacial score (nSPS) is 24.2. The highest BCUT2D eigenvalue weighted by Crippen LogP contribution is 2.26. The number of halogens is 1. The van der Waals surface area contributed by atoms with Crippen molar-refractivity contribution in [2.24, 2.45) is 5.92 Å². The highest BCUT2D eigenvalue weighted by atomic mass is 79.9. The molecule has 1 fully saturated rings. The Morgan fingerprint density at radius 2 is 2.47 bits per heavy atom. The van der Waals surface area contributed by atoms with E-state index in [2.05, 4.69) is 28.0 Å². The van der Waals surface area contributed by atoms with E-state index in [1.54, 1.807) is 10.9 Å². The fourth-order valence-electron chi connectivity index (χ4n) is 2.18. The Balaban J connectivity index is 2.21.